The predicted molar refractivity (Wildman–Crippen MR) is 220 cm³/mol. The summed E-state index contributed by atoms with van der Waals surface area (Å²) in [7, 11) is 0. The van der Waals surface area contributed by atoms with E-state index in [2.05, 4.69) is 178 Å². The topological polar surface area (TPSA) is 13.1 Å². The molecule has 0 atom stereocenters. The molecule has 0 saturated carbocycles. The molecule has 1 heterocycles. The Morgan fingerprint density at radius 2 is 0.923 bits per heavy atom. The van der Waals surface area contributed by atoms with Crippen LogP contribution in [0.2, 0.25) is 0 Å². The lowest BCUT2D eigenvalue weighted by Gasteiger charge is -2.22. The maximum absolute atomic E-state index is 6.60. The highest BCUT2D eigenvalue weighted by Crippen LogP contribution is 2.51. The van der Waals surface area contributed by atoms with Gasteiger partial charge in [-0.25, -0.2) is 0 Å². The molecule has 1 nitrogen and oxygen atoms in total. The first-order valence-corrected chi connectivity index (χ1v) is 18.2. The van der Waals surface area contributed by atoms with Gasteiger partial charge in [0.1, 0.15) is 11.2 Å². The van der Waals surface area contributed by atoms with Gasteiger partial charge in [0.2, 0.25) is 0 Å². The monoisotopic (exact) mass is 662 g/mol. The van der Waals surface area contributed by atoms with Gasteiger partial charge in [-0.1, -0.05) is 153 Å². The van der Waals surface area contributed by atoms with Crippen molar-refractivity contribution in [3.05, 3.63) is 181 Å². The third kappa shape index (κ3) is 4.11. The zero-order valence-corrected chi connectivity index (χ0v) is 29.1. The second kappa shape index (κ2) is 10.8. The van der Waals surface area contributed by atoms with Crippen LogP contribution in [0.25, 0.3) is 98.8 Å². The number of fused-ring (bicyclic) bond motifs is 9. The molecule has 1 aliphatic rings. The van der Waals surface area contributed by atoms with Gasteiger partial charge in [0.15, 0.2) is 0 Å². The highest BCUT2D eigenvalue weighted by molar-refractivity contribution is 6.24. The highest BCUT2D eigenvalue weighted by atomic mass is 16.3. The van der Waals surface area contributed by atoms with Gasteiger partial charge in [0.25, 0.3) is 0 Å². The standard InChI is InChI=1S/C51H34O/c1-51(2)45-30-34(25-26-36(45)44-28-32-13-3-4-14-33(32)29-46(44)51)31-15-11-16-35(27-31)48-38-18-5-7-20-40(38)49(41-21-8-6-19-39(41)48)43-23-12-22-42-37-17-9-10-24-47(37)52-50(42)43/h3-30H,1-2H3. The van der Waals surface area contributed by atoms with E-state index in [1.54, 1.807) is 0 Å². The van der Waals surface area contributed by atoms with E-state index in [0.29, 0.717) is 0 Å². The zero-order valence-electron chi connectivity index (χ0n) is 29.1. The van der Waals surface area contributed by atoms with E-state index >= 15 is 0 Å². The summed E-state index contributed by atoms with van der Waals surface area (Å²) in [6.07, 6.45) is 0. The zero-order chi connectivity index (χ0) is 34.6. The summed E-state index contributed by atoms with van der Waals surface area (Å²) in [6.45, 7) is 4.75. The molecule has 1 aromatic heterocycles. The minimum absolute atomic E-state index is 0.0900. The molecule has 0 amide bonds. The van der Waals surface area contributed by atoms with Crippen LogP contribution in [0.4, 0.5) is 0 Å². The maximum Gasteiger partial charge on any atom is 0.143 e. The van der Waals surface area contributed by atoms with Crippen molar-refractivity contribution in [2.75, 3.05) is 0 Å². The molecular weight excluding hydrogens is 629 g/mol. The lowest BCUT2D eigenvalue weighted by molar-refractivity contribution is 0.661. The summed E-state index contributed by atoms with van der Waals surface area (Å²) >= 11 is 0. The quantitative estimate of drug-likeness (QED) is 0.172. The van der Waals surface area contributed by atoms with Gasteiger partial charge in [-0.3, -0.25) is 0 Å². The van der Waals surface area contributed by atoms with Crippen molar-refractivity contribution in [3.8, 4) is 44.5 Å². The lowest BCUT2D eigenvalue weighted by atomic mass is 9.81. The second-order valence-electron chi connectivity index (χ2n) is 14.8. The smallest absolute Gasteiger partial charge is 0.143 e. The Hall–Kier alpha value is -6.44. The van der Waals surface area contributed by atoms with Crippen LogP contribution in [0, 0.1) is 0 Å². The van der Waals surface area contributed by atoms with Crippen LogP contribution in [0.1, 0.15) is 25.0 Å². The lowest BCUT2D eigenvalue weighted by Crippen LogP contribution is -2.15. The fourth-order valence-corrected chi connectivity index (χ4v) is 9.13. The first-order valence-electron chi connectivity index (χ1n) is 18.2. The number of hydrogen-bond donors (Lipinski definition) is 0. The fraction of sp³-hybridized carbons (Fsp3) is 0.0588. The van der Waals surface area contributed by atoms with E-state index in [0.717, 1.165) is 27.5 Å². The van der Waals surface area contributed by atoms with E-state index in [1.807, 2.05) is 6.07 Å². The molecule has 10 aromatic rings. The van der Waals surface area contributed by atoms with E-state index in [1.165, 1.54) is 82.4 Å². The second-order valence-corrected chi connectivity index (χ2v) is 14.8. The van der Waals surface area contributed by atoms with E-state index in [9.17, 15) is 0 Å². The van der Waals surface area contributed by atoms with Gasteiger partial charge in [0, 0.05) is 27.3 Å². The van der Waals surface area contributed by atoms with Crippen molar-refractivity contribution < 1.29 is 4.42 Å². The van der Waals surface area contributed by atoms with Crippen LogP contribution in [0.5, 0.6) is 0 Å². The summed E-state index contributed by atoms with van der Waals surface area (Å²) in [5, 5.41) is 9.80. The molecule has 0 spiro atoms. The van der Waals surface area contributed by atoms with Crippen molar-refractivity contribution >= 4 is 54.3 Å². The first kappa shape index (κ1) is 29.3. The van der Waals surface area contributed by atoms with Crippen LogP contribution >= 0.6 is 0 Å². The minimum atomic E-state index is -0.0900. The van der Waals surface area contributed by atoms with Crippen molar-refractivity contribution in [2.45, 2.75) is 19.3 Å². The van der Waals surface area contributed by atoms with E-state index in [4.69, 9.17) is 4.42 Å². The summed E-state index contributed by atoms with van der Waals surface area (Å²) in [5.41, 5.74) is 14.5. The SMILES string of the molecule is CC1(C)c2cc(-c3cccc(-c4c5ccccc5c(-c5cccc6c5oc5ccccc56)c5ccccc45)c3)ccc2-c2cc3ccccc3cc21. The largest absolute Gasteiger partial charge is 0.455 e. The summed E-state index contributed by atoms with van der Waals surface area (Å²) in [4.78, 5) is 0. The predicted octanol–water partition coefficient (Wildman–Crippen LogP) is 14.4. The summed E-state index contributed by atoms with van der Waals surface area (Å²) in [5.74, 6) is 0. The van der Waals surface area contributed by atoms with Gasteiger partial charge < -0.3 is 4.42 Å². The van der Waals surface area contributed by atoms with E-state index < -0.39 is 0 Å². The van der Waals surface area contributed by atoms with Gasteiger partial charge in [0.05, 0.1) is 0 Å². The molecule has 52 heavy (non-hydrogen) atoms. The molecular formula is C51H34O. The Bertz CT molecular complexity index is 3040. The molecule has 1 aliphatic carbocycles. The Morgan fingerprint density at radius 3 is 1.67 bits per heavy atom. The highest BCUT2D eigenvalue weighted by Gasteiger charge is 2.36. The van der Waals surface area contributed by atoms with Crippen LogP contribution < -0.4 is 0 Å². The van der Waals surface area contributed by atoms with Crippen LogP contribution in [-0.4, -0.2) is 0 Å². The molecule has 9 aromatic carbocycles. The first-order chi connectivity index (χ1) is 25.5. The number of benzene rings is 9. The molecule has 1 heteroatoms. The molecule has 0 radical (unpaired) electrons. The van der Waals surface area contributed by atoms with Gasteiger partial charge in [-0.2, -0.15) is 0 Å². The molecule has 0 bridgehead atoms. The average molecular weight is 663 g/mol. The average Bonchev–Trinajstić information content (AvgIpc) is 3.68. The molecule has 0 saturated heterocycles. The molecule has 244 valence electrons. The molecule has 11 rings (SSSR count). The Labute approximate surface area is 302 Å². The third-order valence-electron chi connectivity index (χ3n) is 11.6. The Kier molecular flexibility index (Phi) is 6.08. The summed E-state index contributed by atoms with van der Waals surface area (Å²) < 4.78 is 6.60. The number of hydrogen-bond acceptors (Lipinski definition) is 1. The number of rotatable bonds is 3. The van der Waals surface area contributed by atoms with Crippen LogP contribution in [0.15, 0.2) is 174 Å². The van der Waals surface area contributed by atoms with Crippen LogP contribution in [-0.2, 0) is 5.41 Å². The normalized spacial score (nSPS) is 13.3. The minimum Gasteiger partial charge on any atom is -0.455 e. The molecule has 0 N–H and O–H groups in total. The molecule has 0 unspecified atom stereocenters. The number of para-hydroxylation sites is 2. The third-order valence-corrected chi connectivity index (χ3v) is 11.6. The fourth-order valence-electron chi connectivity index (χ4n) is 9.13. The molecule has 0 aliphatic heterocycles. The maximum atomic E-state index is 6.60. The number of furan rings is 1. The van der Waals surface area contributed by atoms with Crippen molar-refractivity contribution in [1.82, 2.24) is 0 Å². The van der Waals surface area contributed by atoms with Crippen molar-refractivity contribution in [2.24, 2.45) is 0 Å². The van der Waals surface area contributed by atoms with E-state index in [-0.39, 0.29) is 5.41 Å². The van der Waals surface area contributed by atoms with Crippen molar-refractivity contribution in [3.63, 3.8) is 0 Å². The Balaban J connectivity index is 1.10. The van der Waals surface area contributed by atoms with Crippen LogP contribution in [0.3, 0.4) is 0 Å². The van der Waals surface area contributed by atoms with Crippen molar-refractivity contribution in [1.29, 1.82) is 0 Å². The Morgan fingerprint density at radius 1 is 0.365 bits per heavy atom. The van der Waals surface area contributed by atoms with Gasteiger partial charge >= 0.3 is 0 Å². The molecule has 0 fully saturated rings. The van der Waals surface area contributed by atoms with Gasteiger partial charge in [-0.05, 0) is 107 Å². The van der Waals surface area contributed by atoms with Gasteiger partial charge in [-0.15, -0.1) is 0 Å². The summed E-state index contributed by atoms with van der Waals surface area (Å²) in [6, 6.07) is 62.4.